The molecular weight excluding hydrogens is 544 g/mol. The quantitative estimate of drug-likeness (QED) is 0.340. The highest BCUT2D eigenvalue weighted by Crippen LogP contribution is 2.37. The molecule has 2 aromatic heterocycles. The van der Waals surface area contributed by atoms with Crippen molar-refractivity contribution in [3.05, 3.63) is 110 Å². The highest BCUT2D eigenvalue weighted by Gasteiger charge is 2.37. The largest absolute Gasteiger partial charge is 0.480 e. The zero-order valence-corrected chi connectivity index (χ0v) is 20.9. The first-order valence-corrected chi connectivity index (χ1v) is 11.5. The Labute approximate surface area is 222 Å². The van der Waals surface area contributed by atoms with Crippen molar-refractivity contribution >= 4 is 22.8 Å². The summed E-state index contributed by atoms with van der Waals surface area (Å²) in [5.74, 6) is -5.14. The Balaban J connectivity index is 0.000000252. The number of amides is 1. The van der Waals surface area contributed by atoms with Crippen molar-refractivity contribution in [2.45, 2.75) is 19.5 Å². The molecule has 0 unspecified atom stereocenters. The second kappa shape index (κ2) is 12.0. The van der Waals surface area contributed by atoms with E-state index in [-0.39, 0.29) is 22.2 Å². The number of halogens is 6. The average molecular weight is 565 g/mol. The fraction of sp³-hybridized carbons (Fsp3) is 0.185. The standard InChI is InChI=1S/C18H14F4N2O.C9H7F2NO3/c1-10-16(19)11(7-8-23-10)9-13-15(18(20,21)22)12-5-3-4-6-14(12)24(2)17(13)25;10-5-2-1-3-6(11)8(5)9(15)12-4-7(13)14/h3-8H,9H2,1-2H3;1-3H,4H2,(H,12,15)(H,13,14). The molecule has 40 heavy (non-hydrogen) atoms. The van der Waals surface area contributed by atoms with E-state index in [1.54, 1.807) is 6.07 Å². The monoisotopic (exact) mass is 565 g/mol. The van der Waals surface area contributed by atoms with Gasteiger partial charge >= 0.3 is 12.1 Å². The smallest absolute Gasteiger partial charge is 0.417 e. The Morgan fingerprint density at radius 3 is 2.23 bits per heavy atom. The lowest BCUT2D eigenvalue weighted by atomic mass is 9.96. The molecular formula is C27H21F6N3O4. The molecule has 0 aliphatic rings. The molecule has 0 aliphatic carbocycles. The number of fused-ring (bicyclic) bond motifs is 1. The first-order valence-electron chi connectivity index (χ1n) is 11.5. The third kappa shape index (κ3) is 6.47. The maximum Gasteiger partial charge on any atom is 0.417 e. The number of para-hydroxylation sites is 1. The van der Waals surface area contributed by atoms with Crippen molar-refractivity contribution in [2.75, 3.05) is 6.54 Å². The molecule has 1 amide bonds. The normalized spacial score (nSPS) is 11.1. The van der Waals surface area contributed by atoms with Crippen molar-refractivity contribution in [2.24, 2.45) is 7.05 Å². The summed E-state index contributed by atoms with van der Waals surface area (Å²) in [4.78, 5) is 37.6. The second-order valence-corrected chi connectivity index (χ2v) is 8.45. The summed E-state index contributed by atoms with van der Waals surface area (Å²) in [6.07, 6.45) is -3.88. The van der Waals surface area contributed by atoms with Crippen LogP contribution in [0.1, 0.15) is 32.7 Å². The molecule has 4 aromatic rings. The van der Waals surface area contributed by atoms with Crippen molar-refractivity contribution in [1.29, 1.82) is 0 Å². The van der Waals surface area contributed by atoms with Crippen LogP contribution < -0.4 is 10.9 Å². The van der Waals surface area contributed by atoms with Gasteiger partial charge < -0.3 is 15.0 Å². The topological polar surface area (TPSA) is 101 Å². The van der Waals surface area contributed by atoms with Gasteiger partial charge in [0.25, 0.3) is 11.5 Å². The average Bonchev–Trinajstić information content (AvgIpc) is 2.88. The van der Waals surface area contributed by atoms with E-state index in [0.717, 1.165) is 22.8 Å². The second-order valence-electron chi connectivity index (χ2n) is 8.45. The van der Waals surface area contributed by atoms with Gasteiger partial charge in [-0.25, -0.2) is 13.2 Å². The lowest BCUT2D eigenvalue weighted by Crippen LogP contribution is -2.30. The number of carbonyl (C=O) groups is 2. The molecule has 0 saturated heterocycles. The number of carboxylic acids is 1. The number of carbonyl (C=O) groups excluding carboxylic acids is 1. The van der Waals surface area contributed by atoms with Gasteiger partial charge in [-0.2, -0.15) is 13.2 Å². The lowest BCUT2D eigenvalue weighted by molar-refractivity contribution is -0.137. The molecule has 0 spiro atoms. The zero-order chi connectivity index (χ0) is 29.8. The van der Waals surface area contributed by atoms with Crippen LogP contribution in [0.15, 0.2) is 59.5 Å². The summed E-state index contributed by atoms with van der Waals surface area (Å²) < 4.78 is 82.5. The minimum absolute atomic E-state index is 0.00498. The fourth-order valence-corrected chi connectivity index (χ4v) is 3.93. The number of nitrogens with zero attached hydrogens (tertiary/aromatic N) is 2. The third-order valence-corrected chi connectivity index (χ3v) is 5.78. The SMILES string of the molecule is Cc1nccc(Cc2c(C(F)(F)F)c3ccccc3n(C)c2=O)c1F.O=C(O)CNC(=O)c1c(F)cccc1F. The number of hydrogen-bond acceptors (Lipinski definition) is 4. The minimum atomic E-state index is -4.74. The van der Waals surface area contributed by atoms with Crippen LogP contribution in [0.5, 0.6) is 0 Å². The number of hydrogen-bond donors (Lipinski definition) is 2. The van der Waals surface area contributed by atoms with E-state index in [1.165, 1.54) is 44.4 Å². The fourth-order valence-electron chi connectivity index (χ4n) is 3.93. The molecule has 0 radical (unpaired) electrons. The van der Waals surface area contributed by atoms with Crippen molar-refractivity contribution in [1.82, 2.24) is 14.9 Å². The van der Waals surface area contributed by atoms with Crippen LogP contribution in [0.25, 0.3) is 10.9 Å². The maximum atomic E-state index is 14.2. The minimum Gasteiger partial charge on any atom is -0.480 e. The molecule has 2 N–H and O–H groups in total. The Bertz CT molecular complexity index is 1630. The molecule has 0 saturated carbocycles. The number of benzene rings is 2. The predicted octanol–water partition coefficient (Wildman–Crippen LogP) is 4.77. The van der Waals surface area contributed by atoms with E-state index < -0.39 is 70.7 Å². The van der Waals surface area contributed by atoms with Crippen molar-refractivity contribution in [3.8, 4) is 0 Å². The molecule has 4 rings (SSSR count). The molecule has 2 heterocycles. The van der Waals surface area contributed by atoms with Crippen LogP contribution in [-0.4, -0.2) is 33.1 Å². The van der Waals surface area contributed by atoms with Crippen LogP contribution in [0.4, 0.5) is 26.3 Å². The number of carboxylic acid groups (broad SMARTS) is 1. The van der Waals surface area contributed by atoms with E-state index in [9.17, 15) is 40.7 Å². The van der Waals surface area contributed by atoms with Crippen LogP contribution in [0.2, 0.25) is 0 Å². The van der Waals surface area contributed by atoms with E-state index >= 15 is 0 Å². The van der Waals surface area contributed by atoms with Crippen LogP contribution >= 0.6 is 0 Å². The summed E-state index contributed by atoms with van der Waals surface area (Å²) in [6.45, 7) is 0.731. The summed E-state index contributed by atoms with van der Waals surface area (Å²) in [7, 11) is 1.41. The predicted molar refractivity (Wildman–Crippen MR) is 132 cm³/mol. The van der Waals surface area contributed by atoms with Crippen LogP contribution in [0, 0.1) is 24.4 Å². The van der Waals surface area contributed by atoms with Gasteiger partial charge in [0.2, 0.25) is 0 Å². The summed E-state index contributed by atoms with van der Waals surface area (Å²) in [5.41, 5.74) is -2.80. The third-order valence-electron chi connectivity index (χ3n) is 5.78. The van der Waals surface area contributed by atoms with Gasteiger partial charge in [-0.05, 0) is 36.8 Å². The van der Waals surface area contributed by atoms with Crippen LogP contribution in [0.3, 0.4) is 0 Å². The van der Waals surface area contributed by atoms with E-state index in [0.29, 0.717) is 0 Å². The van der Waals surface area contributed by atoms with Gasteiger partial charge in [0.15, 0.2) is 0 Å². The van der Waals surface area contributed by atoms with Gasteiger partial charge in [0.1, 0.15) is 29.6 Å². The Kier molecular flexibility index (Phi) is 8.97. The maximum absolute atomic E-state index is 14.2. The molecule has 0 aliphatic heterocycles. The number of rotatable bonds is 5. The number of alkyl halides is 3. The summed E-state index contributed by atoms with van der Waals surface area (Å²) in [5, 5.41) is 10.0. The van der Waals surface area contributed by atoms with Gasteiger partial charge in [-0.1, -0.05) is 24.3 Å². The van der Waals surface area contributed by atoms with Crippen molar-refractivity contribution < 1.29 is 41.0 Å². The number of aromatic nitrogens is 2. The van der Waals surface area contributed by atoms with Crippen molar-refractivity contribution in [3.63, 3.8) is 0 Å². The van der Waals surface area contributed by atoms with E-state index in [1.807, 2.05) is 5.32 Å². The summed E-state index contributed by atoms with van der Waals surface area (Å²) >= 11 is 0. The molecule has 7 nitrogen and oxygen atoms in total. The molecule has 0 atom stereocenters. The lowest BCUT2D eigenvalue weighted by Gasteiger charge is -2.18. The molecule has 0 fully saturated rings. The van der Waals surface area contributed by atoms with Gasteiger partial charge in [-0.15, -0.1) is 0 Å². The number of pyridine rings is 2. The zero-order valence-electron chi connectivity index (χ0n) is 20.9. The Hall–Kier alpha value is -4.68. The first-order chi connectivity index (χ1) is 18.7. The van der Waals surface area contributed by atoms with Crippen LogP contribution in [-0.2, 0) is 24.4 Å². The molecule has 13 heteroatoms. The number of aliphatic carboxylic acids is 1. The summed E-state index contributed by atoms with van der Waals surface area (Å²) in [6, 6.07) is 10.0. The number of aryl methyl sites for hydroxylation is 2. The Morgan fingerprint density at radius 2 is 1.62 bits per heavy atom. The van der Waals surface area contributed by atoms with E-state index in [2.05, 4.69) is 4.98 Å². The highest BCUT2D eigenvalue weighted by atomic mass is 19.4. The molecule has 210 valence electrons. The molecule has 2 aromatic carbocycles. The molecule has 0 bridgehead atoms. The van der Waals surface area contributed by atoms with Gasteiger partial charge in [-0.3, -0.25) is 19.4 Å². The number of nitrogens with one attached hydrogen (secondary N) is 1. The first kappa shape index (κ1) is 29.9. The van der Waals surface area contributed by atoms with E-state index in [4.69, 9.17) is 5.11 Å². The highest BCUT2D eigenvalue weighted by molar-refractivity contribution is 5.96. The van der Waals surface area contributed by atoms with Gasteiger partial charge in [0, 0.05) is 30.6 Å². The Morgan fingerprint density at radius 1 is 1.00 bits per heavy atom. The van der Waals surface area contributed by atoms with Gasteiger partial charge in [0.05, 0.1) is 16.8 Å².